The molecule has 0 aromatic rings. The maximum atomic E-state index is 11.9. The van der Waals surface area contributed by atoms with Crippen molar-refractivity contribution in [2.24, 2.45) is 10.9 Å². The minimum absolute atomic E-state index is 0. The Morgan fingerprint density at radius 1 is 1.32 bits per heavy atom. The molecule has 1 atom stereocenters. The third-order valence-electron chi connectivity index (χ3n) is 2.67. The summed E-state index contributed by atoms with van der Waals surface area (Å²) in [7, 11) is 3.51. The molecule has 0 heterocycles. The average molecular weight is 428 g/mol. The Balaban J connectivity index is 0. The maximum Gasteiger partial charge on any atom is 0.410 e. The van der Waals surface area contributed by atoms with Crippen LogP contribution in [0.2, 0.25) is 0 Å². The lowest BCUT2D eigenvalue weighted by molar-refractivity contribution is 0.0278. The highest BCUT2D eigenvalue weighted by atomic mass is 127. The second kappa shape index (κ2) is 11.8. The molecule has 2 N–H and O–H groups in total. The molecule has 1 amide bonds. The van der Waals surface area contributed by atoms with Crippen molar-refractivity contribution in [1.29, 1.82) is 0 Å². The molecular weight excluding hydrogens is 395 g/mol. The van der Waals surface area contributed by atoms with Crippen LogP contribution in [-0.2, 0) is 4.74 Å². The molecule has 132 valence electrons. The smallest absolute Gasteiger partial charge is 0.410 e. The van der Waals surface area contributed by atoms with Gasteiger partial charge in [-0.1, -0.05) is 13.8 Å². The Morgan fingerprint density at radius 3 is 2.36 bits per heavy atom. The number of hydrogen-bond donors (Lipinski definition) is 2. The molecule has 1 unspecified atom stereocenters. The summed E-state index contributed by atoms with van der Waals surface area (Å²) in [5.74, 6) is 1.09. The van der Waals surface area contributed by atoms with Crippen LogP contribution in [0.3, 0.4) is 0 Å². The van der Waals surface area contributed by atoms with E-state index in [1.807, 2.05) is 20.8 Å². The van der Waals surface area contributed by atoms with E-state index < -0.39 is 5.60 Å². The zero-order chi connectivity index (χ0) is 16.5. The van der Waals surface area contributed by atoms with Gasteiger partial charge < -0.3 is 20.3 Å². The van der Waals surface area contributed by atoms with E-state index in [2.05, 4.69) is 29.5 Å². The van der Waals surface area contributed by atoms with Gasteiger partial charge in [-0.15, -0.1) is 24.0 Å². The predicted octanol–water partition coefficient (Wildman–Crippen LogP) is 2.68. The van der Waals surface area contributed by atoms with Gasteiger partial charge in [0.1, 0.15) is 5.60 Å². The summed E-state index contributed by atoms with van der Waals surface area (Å²) in [6.07, 6.45) is 0.764. The van der Waals surface area contributed by atoms with Gasteiger partial charge >= 0.3 is 6.09 Å². The van der Waals surface area contributed by atoms with E-state index in [1.165, 1.54) is 0 Å². The van der Waals surface area contributed by atoms with Crippen LogP contribution in [0.1, 0.15) is 41.0 Å². The molecule has 0 radical (unpaired) electrons. The molecule has 0 aromatic carbocycles. The van der Waals surface area contributed by atoms with E-state index >= 15 is 0 Å². The van der Waals surface area contributed by atoms with Crippen molar-refractivity contribution in [2.45, 2.75) is 46.6 Å². The average Bonchev–Trinajstić information content (AvgIpc) is 2.36. The summed E-state index contributed by atoms with van der Waals surface area (Å²) < 4.78 is 5.33. The normalized spacial score (nSPS) is 13.0. The largest absolute Gasteiger partial charge is 0.444 e. The summed E-state index contributed by atoms with van der Waals surface area (Å²) in [5.41, 5.74) is -0.459. The van der Waals surface area contributed by atoms with E-state index in [1.54, 1.807) is 19.0 Å². The molecule has 22 heavy (non-hydrogen) atoms. The zero-order valence-electron chi connectivity index (χ0n) is 15.0. The van der Waals surface area contributed by atoms with Gasteiger partial charge in [0.15, 0.2) is 5.96 Å². The highest BCUT2D eigenvalue weighted by Gasteiger charge is 2.20. The number of carbonyl (C=O) groups is 1. The minimum atomic E-state index is -0.459. The molecule has 0 aliphatic heterocycles. The van der Waals surface area contributed by atoms with Gasteiger partial charge in [0.2, 0.25) is 0 Å². The van der Waals surface area contributed by atoms with Gasteiger partial charge in [-0.3, -0.25) is 4.99 Å². The lowest BCUT2D eigenvalue weighted by atomic mass is 10.1. The van der Waals surface area contributed by atoms with Crippen LogP contribution in [0, 0.1) is 5.92 Å². The molecule has 6 nitrogen and oxygen atoms in total. The third-order valence-corrected chi connectivity index (χ3v) is 2.67. The molecule has 0 aliphatic carbocycles. The first-order chi connectivity index (χ1) is 9.69. The number of nitrogens with one attached hydrogen (secondary N) is 2. The third kappa shape index (κ3) is 11.9. The van der Waals surface area contributed by atoms with Crippen molar-refractivity contribution in [2.75, 3.05) is 33.7 Å². The molecule has 0 spiro atoms. The van der Waals surface area contributed by atoms with Crippen LogP contribution >= 0.6 is 24.0 Å². The molecule has 0 aliphatic rings. The monoisotopic (exact) mass is 428 g/mol. The van der Waals surface area contributed by atoms with E-state index in [0.29, 0.717) is 12.5 Å². The second-order valence-electron chi connectivity index (χ2n) is 6.35. The number of carbonyl (C=O) groups excluding carboxylic acids is 1. The minimum Gasteiger partial charge on any atom is -0.444 e. The van der Waals surface area contributed by atoms with Crippen LogP contribution in [0.15, 0.2) is 4.99 Å². The molecule has 7 heteroatoms. The van der Waals surface area contributed by atoms with Gasteiger partial charge in [0, 0.05) is 33.7 Å². The van der Waals surface area contributed by atoms with Crippen molar-refractivity contribution in [1.82, 2.24) is 15.5 Å². The van der Waals surface area contributed by atoms with Gasteiger partial charge in [-0.25, -0.2) is 4.79 Å². The Kier molecular flexibility index (Phi) is 12.6. The second-order valence-corrected chi connectivity index (χ2v) is 6.35. The molecule has 0 rings (SSSR count). The molecule has 0 fully saturated rings. The van der Waals surface area contributed by atoms with Crippen LogP contribution < -0.4 is 10.6 Å². The Morgan fingerprint density at radius 2 is 1.91 bits per heavy atom. The van der Waals surface area contributed by atoms with Crippen LogP contribution in [0.25, 0.3) is 0 Å². The number of guanidine groups is 1. The van der Waals surface area contributed by atoms with E-state index in [9.17, 15) is 4.79 Å². The Bertz CT molecular complexity index is 343. The van der Waals surface area contributed by atoms with Crippen LogP contribution in [-0.4, -0.2) is 56.3 Å². The quantitative estimate of drug-likeness (QED) is 0.388. The lowest BCUT2D eigenvalue weighted by Gasteiger charge is -2.26. The number of nitrogens with zero attached hydrogens (tertiary/aromatic N) is 2. The van der Waals surface area contributed by atoms with Crippen molar-refractivity contribution in [3.8, 4) is 0 Å². The first-order valence-corrected chi connectivity index (χ1v) is 7.58. The molecular formula is C15H33IN4O2. The summed E-state index contributed by atoms with van der Waals surface area (Å²) in [5, 5.41) is 6.47. The summed E-state index contributed by atoms with van der Waals surface area (Å²) in [6, 6.07) is 0. The summed E-state index contributed by atoms with van der Waals surface area (Å²) >= 11 is 0. The number of rotatable bonds is 6. The fraction of sp³-hybridized carbons (Fsp3) is 0.867. The van der Waals surface area contributed by atoms with Crippen LogP contribution in [0.5, 0.6) is 0 Å². The van der Waals surface area contributed by atoms with Crippen molar-refractivity contribution in [3.63, 3.8) is 0 Å². The zero-order valence-corrected chi connectivity index (χ0v) is 17.4. The number of amides is 1. The highest BCUT2D eigenvalue weighted by molar-refractivity contribution is 14.0. The standard InChI is InChI=1S/C15H32N4O2.HI/c1-8-9-17-13(16-6)18-10-12(2)11-19(7)14(20)21-15(3,4)5;/h12H,8-11H2,1-7H3,(H2,16,17,18);1H. The predicted molar refractivity (Wildman–Crippen MR) is 103 cm³/mol. The fourth-order valence-electron chi connectivity index (χ4n) is 1.68. The molecule has 0 bridgehead atoms. The van der Waals surface area contributed by atoms with E-state index in [-0.39, 0.29) is 30.1 Å². The lowest BCUT2D eigenvalue weighted by Crippen LogP contribution is -2.42. The fourth-order valence-corrected chi connectivity index (χ4v) is 1.68. The van der Waals surface area contributed by atoms with Gasteiger partial charge in [0.25, 0.3) is 0 Å². The van der Waals surface area contributed by atoms with Crippen molar-refractivity contribution < 1.29 is 9.53 Å². The van der Waals surface area contributed by atoms with Crippen molar-refractivity contribution in [3.05, 3.63) is 0 Å². The Labute approximate surface area is 152 Å². The molecule has 0 saturated heterocycles. The van der Waals surface area contributed by atoms with Gasteiger partial charge in [0.05, 0.1) is 0 Å². The molecule has 0 aromatic heterocycles. The van der Waals surface area contributed by atoms with Gasteiger partial charge in [-0.2, -0.15) is 0 Å². The number of aliphatic imine (C=N–C) groups is 1. The Hall–Kier alpha value is -0.730. The SMILES string of the molecule is CCCNC(=NC)NCC(C)CN(C)C(=O)OC(C)(C)C.I. The number of halogens is 1. The van der Waals surface area contributed by atoms with E-state index in [4.69, 9.17) is 4.74 Å². The van der Waals surface area contributed by atoms with Crippen LogP contribution in [0.4, 0.5) is 4.79 Å². The molecule has 0 saturated carbocycles. The maximum absolute atomic E-state index is 11.9. The van der Waals surface area contributed by atoms with Gasteiger partial charge in [-0.05, 0) is 33.1 Å². The highest BCUT2D eigenvalue weighted by Crippen LogP contribution is 2.10. The van der Waals surface area contributed by atoms with E-state index in [0.717, 1.165) is 25.5 Å². The topological polar surface area (TPSA) is 66.0 Å². The number of hydrogen-bond acceptors (Lipinski definition) is 3. The first-order valence-electron chi connectivity index (χ1n) is 7.58. The number of ether oxygens (including phenoxy) is 1. The first kappa shape index (κ1) is 23.5. The summed E-state index contributed by atoms with van der Waals surface area (Å²) in [4.78, 5) is 17.6. The summed E-state index contributed by atoms with van der Waals surface area (Å²) in [6.45, 7) is 12.1. The van der Waals surface area contributed by atoms with Crippen molar-refractivity contribution >= 4 is 36.0 Å².